The molecule has 0 saturated heterocycles. The van der Waals surface area contributed by atoms with E-state index in [1.807, 2.05) is 6.07 Å². The van der Waals surface area contributed by atoms with Crippen LogP contribution in [0.1, 0.15) is 12.0 Å². The zero-order valence-corrected chi connectivity index (χ0v) is 9.15. The molecule has 1 aromatic rings. The monoisotopic (exact) mass is 234 g/mol. The lowest BCUT2D eigenvalue weighted by Crippen LogP contribution is -2.31. The third-order valence-corrected chi connectivity index (χ3v) is 2.59. The van der Waals surface area contributed by atoms with Crippen molar-refractivity contribution >= 4 is 5.91 Å². The van der Waals surface area contributed by atoms with Crippen LogP contribution in [0.3, 0.4) is 0 Å². The Balaban J connectivity index is 2.22. The molecule has 0 atom stereocenters. The lowest BCUT2D eigenvalue weighted by molar-refractivity contribution is -0.130. The molecule has 0 fully saturated rings. The molecule has 0 N–H and O–H groups in total. The van der Waals surface area contributed by atoms with Gasteiger partial charge in [0.2, 0.25) is 5.91 Å². The summed E-state index contributed by atoms with van der Waals surface area (Å²) >= 11 is 0. The van der Waals surface area contributed by atoms with Crippen molar-refractivity contribution < 1.29 is 13.9 Å². The zero-order chi connectivity index (χ0) is 12.3. The number of halogens is 1. The minimum Gasteiger partial charge on any atom is -0.491 e. The number of hydrogen-bond donors (Lipinski definition) is 0. The number of hydrogen-bond acceptors (Lipinski definition) is 3. The summed E-state index contributed by atoms with van der Waals surface area (Å²) in [6.45, 7) is 1.06. The van der Waals surface area contributed by atoms with Crippen LogP contribution >= 0.6 is 0 Å². The number of nitrogens with zero attached hydrogens (tertiary/aromatic N) is 2. The SMILES string of the molecule is N#CCC(=O)N1CCOc2ccc(F)cc2C1. The zero-order valence-electron chi connectivity index (χ0n) is 9.15. The van der Waals surface area contributed by atoms with Crippen molar-refractivity contribution in [2.75, 3.05) is 13.2 Å². The Kier molecular flexibility index (Phi) is 3.24. The number of carbonyl (C=O) groups is 1. The van der Waals surface area contributed by atoms with E-state index in [4.69, 9.17) is 10.00 Å². The molecular weight excluding hydrogens is 223 g/mol. The van der Waals surface area contributed by atoms with Gasteiger partial charge in [-0.15, -0.1) is 0 Å². The van der Waals surface area contributed by atoms with Gasteiger partial charge in [-0.3, -0.25) is 4.79 Å². The normalized spacial score (nSPS) is 14.2. The summed E-state index contributed by atoms with van der Waals surface area (Å²) in [4.78, 5) is 13.1. The molecule has 0 bridgehead atoms. The second-order valence-corrected chi connectivity index (χ2v) is 3.75. The Morgan fingerprint density at radius 3 is 3.18 bits per heavy atom. The smallest absolute Gasteiger partial charge is 0.237 e. The predicted octanol–water partition coefficient (Wildman–Crippen LogP) is 1.46. The Morgan fingerprint density at radius 2 is 2.41 bits per heavy atom. The van der Waals surface area contributed by atoms with Crippen LogP contribution < -0.4 is 4.74 Å². The molecule has 1 heterocycles. The van der Waals surface area contributed by atoms with Crippen LogP contribution in [0.5, 0.6) is 5.75 Å². The largest absolute Gasteiger partial charge is 0.491 e. The van der Waals surface area contributed by atoms with Crippen LogP contribution in [0.15, 0.2) is 18.2 Å². The molecule has 17 heavy (non-hydrogen) atoms. The van der Waals surface area contributed by atoms with E-state index < -0.39 is 0 Å². The minimum atomic E-state index is -0.359. The molecule has 2 rings (SSSR count). The van der Waals surface area contributed by atoms with E-state index in [0.29, 0.717) is 24.5 Å². The van der Waals surface area contributed by atoms with Crippen molar-refractivity contribution in [3.63, 3.8) is 0 Å². The van der Waals surface area contributed by atoms with Gasteiger partial charge in [0, 0.05) is 12.1 Å². The molecule has 1 aromatic carbocycles. The quantitative estimate of drug-likeness (QED) is 0.739. The Hall–Kier alpha value is -2.09. The van der Waals surface area contributed by atoms with Gasteiger partial charge in [0.05, 0.1) is 12.6 Å². The summed E-state index contributed by atoms with van der Waals surface area (Å²) in [6.07, 6.45) is -0.162. The van der Waals surface area contributed by atoms with Crippen molar-refractivity contribution in [2.45, 2.75) is 13.0 Å². The number of carbonyl (C=O) groups excluding carboxylic acids is 1. The maximum atomic E-state index is 13.1. The van der Waals surface area contributed by atoms with Gasteiger partial charge >= 0.3 is 0 Å². The minimum absolute atomic E-state index is 0.162. The summed E-state index contributed by atoms with van der Waals surface area (Å²) in [5.74, 6) is -0.0196. The standard InChI is InChI=1S/C12H11FN2O2/c13-10-1-2-11-9(7-10)8-15(5-6-17-11)12(16)3-4-14/h1-2,7H,3,5-6,8H2. The highest BCUT2D eigenvalue weighted by atomic mass is 19.1. The summed E-state index contributed by atoms with van der Waals surface area (Å²) in [5, 5.41) is 8.49. The van der Waals surface area contributed by atoms with Gasteiger partial charge in [-0.2, -0.15) is 5.26 Å². The van der Waals surface area contributed by atoms with E-state index in [2.05, 4.69) is 0 Å². The van der Waals surface area contributed by atoms with E-state index in [1.54, 1.807) is 6.07 Å². The van der Waals surface area contributed by atoms with Crippen molar-refractivity contribution in [2.24, 2.45) is 0 Å². The highest BCUT2D eigenvalue weighted by Gasteiger charge is 2.19. The highest BCUT2D eigenvalue weighted by molar-refractivity contribution is 5.78. The molecule has 1 amide bonds. The van der Waals surface area contributed by atoms with E-state index in [9.17, 15) is 9.18 Å². The van der Waals surface area contributed by atoms with Crippen LogP contribution in [-0.2, 0) is 11.3 Å². The van der Waals surface area contributed by atoms with Gasteiger partial charge in [-0.05, 0) is 18.2 Å². The summed E-state index contributed by atoms with van der Waals surface area (Å²) < 4.78 is 18.5. The Labute approximate surface area is 98.2 Å². The summed E-state index contributed by atoms with van der Waals surface area (Å²) in [5.41, 5.74) is 0.633. The molecule has 0 aliphatic carbocycles. The average Bonchev–Trinajstić information content (AvgIpc) is 2.50. The van der Waals surface area contributed by atoms with Crippen molar-refractivity contribution in [3.8, 4) is 11.8 Å². The molecule has 5 heteroatoms. The molecule has 0 spiro atoms. The van der Waals surface area contributed by atoms with Crippen LogP contribution in [0.25, 0.3) is 0 Å². The first kappa shape index (κ1) is 11.4. The van der Waals surface area contributed by atoms with Crippen LogP contribution in [0.4, 0.5) is 4.39 Å². The lowest BCUT2D eigenvalue weighted by Gasteiger charge is -2.18. The van der Waals surface area contributed by atoms with E-state index in [-0.39, 0.29) is 24.7 Å². The van der Waals surface area contributed by atoms with E-state index in [0.717, 1.165) is 0 Å². The van der Waals surface area contributed by atoms with Gasteiger partial charge in [0.1, 0.15) is 24.6 Å². The summed E-state index contributed by atoms with van der Waals surface area (Å²) in [6, 6.07) is 6.05. The van der Waals surface area contributed by atoms with Crippen molar-refractivity contribution in [1.82, 2.24) is 4.90 Å². The van der Waals surface area contributed by atoms with E-state index >= 15 is 0 Å². The molecule has 0 aromatic heterocycles. The number of ether oxygens (including phenoxy) is 1. The molecule has 0 saturated carbocycles. The second kappa shape index (κ2) is 4.83. The fraction of sp³-hybridized carbons (Fsp3) is 0.333. The molecule has 1 aliphatic rings. The fourth-order valence-electron chi connectivity index (χ4n) is 1.76. The first-order valence-corrected chi connectivity index (χ1v) is 5.26. The van der Waals surface area contributed by atoms with Gasteiger partial charge in [0.25, 0.3) is 0 Å². The highest BCUT2D eigenvalue weighted by Crippen LogP contribution is 2.24. The Morgan fingerprint density at radius 1 is 1.59 bits per heavy atom. The maximum absolute atomic E-state index is 13.1. The van der Waals surface area contributed by atoms with Crippen molar-refractivity contribution in [3.05, 3.63) is 29.6 Å². The topological polar surface area (TPSA) is 53.3 Å². The second-order valence-electron chi connectivity index (χ2n) is 3.75. The fourth-order valence-corrected chi connectivity index (χ4v) is 1.76. The predicted molar refractivity (Wildman–Crippen MR) is 57.5 cm³/mol. The number of fused-ring (bicyclic) bond motifs is 1. The third kappa shape index (κ3) is 2.53. The third-order valence-electron chi connectivity index (χ3n) is 2.59. The molecule has 88 valence electrons. The summed E-state index contributed by atoms with van der Waals surface area (Å²) in [7, 11) is 0. The maximum Gasteiger partial charge on any atom is 0.237 e. The van der Waals surface area contributed by atoms with Crippen LogP contribution in [0, 0.1) is 17.1 Å². The van der Waals surface area contributed by atoms with Crippen LogP contribution in [-0.4, -0.2) is 24.0 Å². The van der Waals surface area contributed by atoms with Gasteiger partial charge in [0.15, 0.2) is 0 Å². The molecule has 4 nitrogen and oxygen atoms in total. The van der Waals surface area contributed by atoms with Crippen molar-refractivity contribution in [1.29, 1.82) is 5.26 Å². The molecule has 0 unspecified atom stereocenters. The first-order chi connectivity index (χ1) is 8.20. The first-order valence-electron chi connectivity index (χ1n) is 5.26. The number of amides is 1. The molecular formula is C12H11FN2O2. The number of benzene rings is 1. The number of nitriles is 1. The van der Waals surface area contributed by atoms with Gasteiger partial charge < -0.3 is 9.64 Å². The Bertz CT molecular complexity index is 482. The van der Waals surface area contributed by atoms with Gasteiger partial charge in [-0.25, -0.2) is 4.39 Å². The lowest BCUT2D eigenvalue weighted by atomic mass is 10.2. The average molecular weight is 234 g/mol. The molecule has 0 radical (unpaired) electrons. The van der Waals surface area contributed by atoms with E-state index in [1.165, 1.54) is 17.0 Å². The number of rotatable bonds is 1. The van der Waals surface area contributed by atoms with Gasteiger partial charge in [-0.1, -0.05) is 0 Å². The molecule has 1 aliphatic heterocycles. The van der Waals surface area contributed by atoms with Crippen LogP contribution in [0.2, 0.25) is 0 Å².